The van der Waals surface area contributed by atoms with E-state index in [0.29, 0.717) is 36.6 Å². The van der Waals surface area contributed by atoms with Crippen LogP contribution in [0.1, 0.15) is 17.5 Å². The molecule has 1 aromatic carbocycles. The molecule has 1 unspecified atom stereocenters. The molecule has 7 heteroatoms. The minimum atomic E-state index is -0.373. The molecule has 1 atom stereocenters. The number of nitrogens with zero attached hydrogens (tertiary/aromatic N) is 4. The maximum absolute atomic E-state index is 13.5. The minimum Gasteiger partial charge on any atom is -0.368 e. The molecule has 0 aliphatic carbocycles. The summed E-state index contributed by atoms with van der Waals surface area (Å²) in [6, 6.07) is 11.7. The SMILES string of the molecule is O=C(Cc1ccccn1)N1CCOC(c2cncc(-c3cccc(F)c3)n2)C1. The van der Waals surface area contributed by atoms with Gasteiger partial charge in [0.2, 0.25) is 5.91 Å². The second-order valence-corrected chi connectivity index (χ2v) is 6.54. The highest BCUT2D eigenvalue weighted by atomic mass is 19.1. The Kier molecular flexibility index (Phi) is 5.34. The normalized spacial score (nSPS) is 16.8. The van der Waals surface area contributed by atoms with Gasteiger partial charge in [0.05, 0.1) is 43.4 Å². The minimum absolute atomic E-state index is 0.00115. The molecule has 3 heterocycles. The molecule has 142 valence electrons. The molecule has 2 aromatic heterocycles. The fourth-order valence-electron chi connectivity index (χ4n) is 3.15. The predicted molar refractivity (Wildman–Crippen MR) is 101 cm³/mol. The third-order valence-corrected chi connectivity index (χ3v) is 4.58. The van der Waals surface area contributed by atoms with E-state index >= 15 is 0 Å². The highest BCUT2D eigenvalue weighted by molar-refractivity contribution is 5.78. The number of amides is 1. The summed E-state index contributed by atoms with van der Waals surface area (Å²) in [7, 11) is 0. The van der Waals surface area contributed by atoms with E-state index in [-0.39, 0.29) is 24.2 Å². The fraction of sp³-hybridized carbons (Fsp3) is 0.238. The lowest BCUT2D eigenvalue weighted by atomic mass is 10.1. The summed E-state index contributed by atoms with van der Waals surface area (Å²) in [4.78, 5) is 27.4. The van der Waals surface area contributed by atoms with Crippen molar-refractivity contribution in [3.05, 3.63) is 78.3 Å². The Bertz CT molecular complexity index is 967. The zero-order valence-electron chi connectivity index (χ0n) is 15.2. The van der Waals surface area contributed by atoms with Gasteiger partial charge in [-0.3, -0.25) is 14.8 Å². The van der Waals surface area contributed by atoms with Crippen molar-refractivity contribution in [2.45, 2.75) is 12.5 Å². The predicted octanol–water partition coefficient (Wildman–Crippen LogP) is 2.82. The third-order valence-electron chi connectivity index (χ3n) is 4.58. The van der Waals surface area contributed by atoms with E-state index in [1.54, 1.807) is 35.6 Å². The number of halogens is 1. The molecular formula is C21H19FN4O2. The molecular weight excluding hydrogens is 359 g/mol. The van der Waals surface area contributed by atoms with Gasteiger partial charge in [-0.15, -0.1) is 0 Å². The van der Waals surface area contributed by atoms with Crippen molar-refractivity contribution in [3.63, 3.8) is 0 Å². The van der Waals surface area contributed by atoms with Gasteiger partial charge in [0.1, 0.15) is 11.9 Å². The van der Waals surface area contributed by atoms with Gasteiger partial charge >= 0.3 is 0 Å². The maximum atomic E-state index is 13.5. The standard InChI is InChI=1S/C21H19FN4O2/c22-16-5-3-4-15(10-16)18-12-23-13-19(25-18)20-14-26(8-9-28-20)21(27)11-17-6-1-2-7-24-17/h1-7,10,12-13,20H,8-9,11,14H2. The van der Waals surface area contributed by atoms with Crippen LogP contribution in [0.2, 0.25) is 0 Å². The lowest BCUT2D eigenvalue weighted by molar-refractivity contribution is -0.138. The number of carbonyl (C=O) groups excluding carboxylic acids is 1. The molecule has 3 aromatic rings. The Morgan fingerprint density at radius 1 is 1.21 bits per heavy atom. The van der Waals surface area contributed by atoms with Gasteiger partial charge in [0.15, 0.2) is 0 Å². The second-order valence-electron chi connectivity index (χ2n) is 6.54. The van der Waals surface area contributed by atoms with E-state index in [0.717, 1.165) is 5.69 Å². The Balaban J connectivity index is 1.49. The van der Waals surface area contributed by atoms with Gasteiger partial charge in [0, 0.05) is 24.0 Å². The summed E-state index contributed by atoms with van der Waals surface area (Å²) >= 11 is 0. The first kappa shape index (κ1) is 18.2. The molecule has 0 spiro atoms. The molecule has 28 heavy (non-hydrogen) atoms. The summed E-state index contributed by atoms with van der Waals surface area (Å²) in [6.07, 6.45) is 4.77. The molecule has 0 N–H and O–H groups in total. The number of ether oxygens (including phenoxy) is 1. The molecule has 1 aliphatic rings. The number of rotatable bonds is 4. The van der Waals surface area contributed by atoms with E-state index in [9.17, 15) is 9.18 Å². The van der Waals surface area contributed by atoms with E-state index in [4.69, 9.17) is 4.74 Å². The highest BCUT2D eigenvalue weighted by Gasteiger charge is 2.27. The molecule has 0 bridgehead atoms. The van der Waals surface area contributed by atoms with Crippen LogP contribution in [0.15, 0.2) is 61.1 Å². The van der Waals surface area contributed by atoms with Crippen LogP contribution >= 0.6 is 0 Å². The topological polar surface area (TPSA) is 68.2 Å². The summed E-state index contributed by atoms with van der Waals surface area (Å²) in [5.41, 5.74) is 2.58. The van der Waals surface area contributed by atoms with Crippen LogP contribution in [-0.2, 0) is 16.0 Å². The average molecular weight is 378 g/mol. The van der Waals surface area contributed by atoms with Crippen molar-refractivity contribution < 1.29 is 13.9 Å². The Labute approximate surface area is 162 Å². The molecule has 1 saturated heterocycles. The van der Waals surface area contributed by atoms with Gasteiger partial charge in [-0.05, 0) is 24.3 Å². The lowest BCUT2D eigenvalue weighted by Crippen LogP contribution is -2.43. The molecule has 1 fully saturated rings. The van der Waals surface area contributed by atoms with Crippen molar-refractivity contribution >= 4 is 5.91 Å². The number of morpholine rings is 1. The molecule has 0 radical (unpaired) electrons. The molecule has 1 aliphatic heterocycles. The van der Waals surface area contributed by atoms with Crippen LogP contribution in [-0.4, -0.2) is 45.5 Å². The second kappa shape index (κ2) is 8.22. The van der Waals surface area contributed by atoms with Crippen LogP contribution in [0.3, 0.4) is 0 Å². The number of carbonyl (C=O) groups is 1. The van der Waals surface area contributed by atoms with Gasteiger partial charge in [0.25, 0.3) is 0 Å². The fourth-order valence-corrected chi connectivity index (χ4v) is 3.15. The van der Waals surface area contributed by atoms with Gasteiger partial charge in [-0.2, -0.15) is 0 Å². The molecule has 1 amide bonds. The summed E-state index contributed by atoms with van der Waals surface area (Å²) in [6.45, 7) is 1.34. The summed E-state index contributed by atoms with van der Waals surface area (Å²) < 4.78 is 19.3. The zero-order chi connectivity index (χ0) is 19.3. The monoisotopic (exact) mass is 378 g/mol. The van der Waals surface area contributed by atoms with Gasteiger partial charge in [-0.25, -0.2) is 9.37 Å². The van der Waals surface area contributed by atoms with Crippen molar-refractivity contribution in [3.8, 4) is 11.3 Å². The van der Waals surface area contributed by atoms with E-state index in [1.807, 2.05) is 18.2 Å². The first-order valence-corrected chi connectivity index (χ1v) is 9.06. The quantitative estimate of drug-likeness (QED) is 0.698. The number of hydrogen-bond donors (Lipinski definition) is 0. The van der Waals surface area contributed by atoms with E-state index in [1.165, 1.54) is 12.1 Å². The summed E-state index contributed by atoms with van der Waals surface area (Å²) in [5.74, 6) is -0.328. The van der Waals surface area contributed by atoms with Crippen LogP contribution in [0.5, 0.6) is 0 Å². The Morgan fingerprint density at radius 2 is 2.14 bits per heavy atom. The average Bonchev–Trinajstić information content (AvgIpc) is 2.75. The number of hydrogen-bond acceptors (Lipinski definition) is 5. The van der Waals surface area contributed by atoms with Crippen molar-refractivity contribution in [1.29, 1.82) is 0 Å². The van der Waals surface area contributed by atoms with Crippen molar-refractivity contribution in [2.75, 3.05) is 19.7 Å². The lowest BCUT2D eigenvalue weighted by Gasteiger charge is -2.32. The van der Waals surface area contributed by atoms with Crippen molar-refractivity contribution in [2.24, 2.45) is 0 Å². The largest absolute Gasteiger partial charge is 0.368 e. The van der Waals surface area contributed by atoms with E-state index < -0.39 is 0 Å². The first-order chi connectivity index (χ1) is 13.7. The third kappa shape index (κ3) is 4.20. The van der Waals surface area contributed by atoms with E-state index in [2.05, 4.69) is 15.0 Å². The first-order valence-electron chi connectivity index (χ1n) is 9.06. The maximum Gasteiger partial charge on any atom is 0.228 e. The number of benzene rings is 1. The van der Waals surface area contributed by atoms with Crippen LogP contribution in [0.25, 0.3) is 11.3 Å². The molecule has 4 rings (SSSR count). The molecule has 6 nitrogen and oxygen atoms in total. The zero-order valence-corrected chi connectivity index (χ0v) is 15.2. The summed E-state index contributed by atoms with van der Waals surface area (Å²) in [5, 5.41) is 0. The highest BCUT2D eigenvalue weighted by Crippen LogP contribution is 2.24. The van der Waals surface area contributed by atoms with Crippen LogP contribution < -0.4 is 0 Å². The van der Waals surface area contributed by atoms with Crippen molar-refractivity contribution in [1.82, 2.24) is 19.9 Å². The van der Waals surface area contributed by atoms with Gasteiger partial charge < -0.3 is 9.64 Å². The number of aromatic nitrogens is 3. The molecule has 0 saturated carbocycles. The smallest absolute Gasteiger partial charge is 0.228 e. The van der Waals surface area contributed by atoms with Crippen LogP contribution in [0.4, 0.5) is 4.39 Å². The Morgan fingerprint density at radius 3 is 2.96 bits per heavy atom. The Hall–Kier alpha value is -3.19. The van der Waals surface area contributed by atoms with Crippen LogP contribution in [0, 0.1) is 5.82 Å². The van der Waals surface area contributed by atoms with Gasteiger partial charge in [-0.1, -0.05) is 18.2 Å². The number of pyridine rings is 1.